The maximum atomic E-state index is 13.3. The van der Waals surface area contributed by atoms with Crippen LogP contribution in [0.1, 0.15) is 45.7 Å². The maximum Gasteiger partial charge on any atom is 0.262 e. The lowest BCUT2D eigenvalue weighted by Crippen LogP contribution is -2.50. The number of benzene rings is 2. The molecule has 0 bridgehead atoms. The van der Waals surface area contributed by atoms with Crippen molar-refractivity contribution in [2.75, 3.05) is 23.9 Å². The quantitative estimate of drug-likeness (QED) is 0.564. The molecule has 0 aliphatic carbocycles. The molecule has 0 spiro atoms. The first kappa shape index (κ1) is 23.4. The number of nitrogens with zero attached hydrogens (tertiary/aromatic N) is 1. The van der Waals surface area contributed by atoms with Crippen LogP contribution in [-0.2, 0) is 19.4 Å². The molecule has 4 amide bonds. The Morgan fingerprint density at radius 1 is 1.12 bits per heavy atom. The summed E-state index contributed by atoms with van der Waals surface area (Å²) in [6.07, 6.45) is 0.785. The Balaban J connectivity index is 1.58. The average Bonchev–Trinajstić information content (AvgIpc) is 3.03. The molecule has 4 rings (SSSR count). The van der Waals surface area contributed by atoms with Crippen LogP contribution in [0.3, 0.4) is 0 Å². The van der Waals surface area contributed by atoms with Gasteiger partial charge in [0, 0.05) is 6.26 Å². The zero-order valence-corrected chi connectivity index (χ0v) is 19.3. The van der Waals surface area contributed by atoms with Crippen molar-refractivity contribution in [3.8, 4) is 5.75 Å². The topological polar surface area (TPSA) is 139 Å². The van der Waals surface area contributed by atoms with Gasteiger partial charge in [0.1, 0.15) is 21.6 Å². The van der Waals surface area contributed by atoms with Crippen LogP contribution >= 0.6 is 0 Å². The second-order valence-electron chi connectivity index (χ2n) is 8.28. The van der Waals surface area contributed by atoms with Gasteiger partial charge in [0.25, 0.3) is 17.7 Å². The third-order valence-corrected chi connectivity index (χ3v) is 6.67. The normalized spacial score (nSPS) is 16.8. The van der Waals surface area contributed by atoms with Crippen molar-refractivity contribution in [2.45, 2.75) is 25.4 Å². The van der Waals surface area contributed by atoms with E-state index in [4.69, 9.17) is 4.74 Å². The van der Waals surface area contributed by atoms with E-state index < -0.39 is 39.6 Å². The molecule has 0 fully saturated rings. The molecule has 10 nitrogen and oxygen atoms in total. The van der Waals surface area contributed by atoms with Gasteiger partial charge in [-0.3, -0.25) is 24.1 Å². The van der Waals surface area contributed by atoms with E-state index >= 15 is 0 Å². The fraction of sp³-hybridized carbons (Fsp3) is 0.304. The van der Waals surface area contributed by atoms with Crippen LogP contribution in [0, 0.1) is 0 Å². The van der Waals surface area contributed by atoms with E-state index in [0.29, 0.717) is 17.0 Å². The van der Waals surface area contributed by atoms with E-state index in [2.05, 4.69) is 10.6 Å². The summed E-state index contributed by atoms with van der Waals surface area (Å²) in [6, 6.07) is 9.36. The summed E-state index contributed by atoms with van der Waals surface area (Å²) in [6.45, 7) is 1.61. The van der Waals surface area contributed by atoms with Crippen molar-refractivity contribution in [1.82, 2.24) is 10.2 Å². The molecule has 0 aromatic heterocycles. The first-order chi connectivity index (χ1) is 16.0. The van der Waals surface area contributed by atoms with Crippen molar-refractivity contribution < 1.29 is 32.3 Å². The molecule has 0 saturated heterocycles. The Bertz CT molecular complexity index is 1270. The summed E-state index contributed by atoms with van der Waals surface area (Å²) >= 11 is 0. The molecule has 2 aromatic rings. The van der Waals surface area contributed by atoms with E-state index in [1.807, 2.05) is 0 Å². The number of imide groups is 1. The Morgan fingerprint density at radius 3 is 2.38 bits per heavy atom. The number of amides is 4. The van der Waals surface area contributed by atoms with Gasteiger partial charge >= 0.3 is 0 Å². The first-order valence-corrected chi connectivity index (χ1v) is 12.6. The molecule has 0 saturated carbocycles. The molecule has 34 heavy (non-hydrogen) atoms. The summed E-state index contributed by atoms with van der Waals surface area (Å²) in [4.78, 5) is 51.6. The van der Waals surface area contributed by atoms with Crippen LogP contribution in [0.4, 0.5) is 5.69 Å². The molecule has 2 aliphatic rings. The van der Waals surface area contributed by atoms with Gasteiger partial charge < -0.3 is 15.4 Å². The van der Waals surface area contributed by atoms with Crippen molar-refractivity contribution in [2.24, 2.45) is 0 Å². The average molecular weight is 486 g/mol. The van der Waals surface area contributed by atoms with Gasteiger partial charge in [0.2, 0.25) is 5.91 Å². The van der Waals surface area contributed by atoms with Gasteiger partial charge in [0.15, 0.2) is 6.61 Å². The monoisotopic (exact) mass is 485 g/mol. The van der Waals surface area contributed by atoms with Crippen LogP contribution in [0.2, 0.25) is 0 Å². The summed E-state index contributed by atoms with van der Waals surface area (Å²) in [5.74, 6) is -2.13. The van der Waals surface area contributed by atoms with Gasteiger partial charge in [0.05, 0.1) is 28.6 Å². The zero-order valence-electron chi connectivity index (χ0n) is 18.5. The molecule has 2 N–H and O–H groups in total. The van der Waals surface area contributed by atoms with Gasteiger partial charge in [-0.25, -0.2) is 8.42 Å². The second-order valence-corrected chi connectivity index (χ2v) is 10.5. The molecule has 0 radical (unpaired) electrons. The summed E-state index contributed by atoms with van der Waals surface area (Å²) < 4.78 is 28.9. The largest absolute Gasteiger partial charge is 0.482 e. The number of fused-ring (bicyclic) bond motifs is 2. The fourth-order valence-electron chi connectivity index (χ4n) is 3.96. The number of nitrogens with one attached hydrogen (secondary N) is 2. The van der Waals surface area contributed by atoms with E-state index in [0.717, 1.165) is 11.2 Å². The van der Waals surface area contributed by atoms with Crippen LogP contribution in [-0.4, -0.2) is 61.6 Å². The molecule has 2 atom stereocenters. The number of hydrogen-bond donors (Lipinski definition) is 2. The van der Waals surface area contributed by atoms with E-state index in [1.165, 1.54) is 12.1 Å². The molecule has 0 unspecified atom stereocenters. The van der Waals surface area contributed by atoms with Crippen LogP contribution < -0.4 is 15.4 Å². The highest BCUT2D eigenvalue weighted by Crippen LogP contribution is 2.31. The predicted octanol–water partition coefficient (Wildman–Crippen LogP) is 1.29. The molecular weight excluding hydrogens is 462 g/mol. The number of carbonyl (C=O) groups excluding carboxylic acids is 4. The number of sulfone groups is 1. The van der Waals surface area contributed by atoms with Crippen molar-refractivity contribution >= 4 is 39.2 Å². The van der Waals surface area contributed by atoms with Gasteiger partial charge in [-0.05, 0) is 43.2 Å². The summed E-state index contributed by atoms with van der Waals surface area (Å²) in [5, 5.41) is 5.46. The van der Waals surface area contributed by atoms with Crippen molar-refractivity contribution in [3.63, 3.8) is 0 Å². The van der Waals surface area contributed by atoms with Gasteiger partial charge in [-0.1, -0.05) is 18.2 Å². The fourth-order valence-corrected chi connectivity index (χ4v) is 4.61. The van der Waals surface area contributed by atoms with Crippen LogP contribution in [0.25, 0.3) is 0 Å². The summed E-state index contributed by atoms with van der Waals surface area (Å²) in [7, 11) is -3.46. The maximum absolute atomic E-state index is 13.3. The van der Waals surface area contributed by atoms with Crippen LogP contribution in [0.5, 0.6) is 5.75 Å². The number of carbonyl (C=O) groups is 4. The lowest BCUT2D eigenvalue weighted by molar-refractivity contribution is -0.125. The number of hydrogen-bond acceptors (Lipinski definition) is 7. The predicted molar refractivity (Wildman–Crippen MR) is 122 cm³/mol. The van der Waals surface area contributed by atoms with Crippen molar-refractivity contribution in [3.05, 3.63) is 59.2 Å². The van der Waals surface area contributed by atoms with Gasteiger partial charge in [-0.2, -0.15) is 0 Å². The first-order valence-electron chi connectivity index (χ1n) is 10.6. The second kappa shape index (κ2) is 8.90. The molecule has 2 aromatic carbocycles. The van der Waals surface area contributed by atoms with E-state index in [1.54, 1.807) is 37.3 Å². The highest BCUT2D eigenvalue weighted by Gasteiger charge is 2.43. The number of anilines is 1. The smallest absolute Gasteiger partial charge is 0.262 e. The molecular formula is C23H23N3O7S. The summed E-state index contributed by atoms with van der Waals surface area (Å²) in [5.41, 5.74) is 1.44. The highest BCUT2D eigenvalue weighted by atomic mass is 32.2. The lowest BCUT2D eigenvalue weighted by atomic mass is 10.1. The molecule has 2 aliphatic heterocycles. The standard InChI is InChI=1S/C23H23N3O7S/c1-13(14-7-8-19-17(11-14)25-20(27)12-33-19)24-21(28)18(9-10-34(2,31)32)26-22(29)15-5-3-4-6-16(15)23(26)30/h3-8,11,13,18H,9-10,12H2,1-2H3,(H,24,28)(H,25,27)/t13-,18+/m0/s1. The van der Waals surface area contributed by atoms with Crippen LogP contribution in [0.15, 0.2) is 42.5 Å². The Hall–Kier alpha value is -3.73. The molecule has 11 heteroatoms. The minimum Gasteiger partial charge on any atom is -0.482 e. The molecule has 2 heterocycles. The minimum absolute atomic E-state index is 0.0824. The van der Waals surface area contributed by atoms with E-state index in [9.17, 15) is 27.6 Å². The Kier molecular flexibility index (Phi) is 6.13. The third kappa shape index (κ3) is 4.65. The molecule has 178 valence electrons. The van der Waals surface area contributed by atoms with E-state index in [-0.39, 0.29) is 35.8 Å². The zero-order chi connectivity index (χ0) is 24.6. The number of rotatable bonds is 7. The Morgan fingerprint density at radius 2 is 1.76 bits per heavy atom. The lowest BCUT2D eigenvalue weighted by Gasteiger charge is -2.27. The highest BCUT2D eigenvalue weighted by molar-refractivity contribution is 7.90. The van der Waals surface area contributed by atoms with Gasteiger partial charge in [-0.15, -0.1) is 0 Å². The number of ether oxygens (including phenoxy) is 1. The van der Waals surface area contributed by atoms with Crippen molar-refractivity contribution in [1.29, 1.82) is 0 Å². The Labute approximate surface area is 196 Å². The minimum atomic E-state index is -3.46. The SMILES string of the molecule is C[C@H](NC(=O)[C@@H](CCS(C)(=O)=O)N1C(=O)c2ccccc2C1=O)c1ccc2c(c1)NC(=O)CO2. The third-order valence-electron chi connectivity index (χ3n) is 5.70.